The number of piperazine rings is 1. The maximum atomic E-state index is 13.7. The molecule has 38 heavy (non-hydrogen) atoms. The van der Waals surface area contributed by atoms with Crippen LogP contribution in [0, 0.1) is 18.3 Å². The molecule has 7 nitrogen and oxygen atoms in total. The van der Waals surface area contributed by atoms with Crippen molar-refractivity contribution in [3.05, 3.63) is 116 Å². The number of benzene rings is 3. The van der Waals surface area contributed by atoms with Crippen LogP contribution in [0.1, 0.15) is 43.6 Å². The maximum Gasteiger partial charge on any atom is 0.257 e. The molecular formula is C29H23BrClN5O2. The highest BCUT2D eigenvalue weighted by molar-refractivity contribution is 9.10. The van der Waals surface area contributed by atoms with Gasteiger partial charge in [-0.3, -0.25) is 9.59 Å². The van der Waals surface area contributed by atoms with E-state index in [1.807, 2.05) is 42.2 Å². The second-order valence-corrected chi connectivity index (χ2v) is 10.4. The number of aromatic nitrogens is 2. The molecule has 1 aliphatic rings. The van der Waals surface area contributed by atoms with E-state index in [9.17, 15) is 14.9 Å². The Balaban J connectivity index is 1.43. The van der Waals surface area contributed by atoms with Crippen LogP contribution in [0.2, 0.25) is 5.02 Å². The van der Waals surface area contributed by atoms with Gasteiger partial charge >= 0.3 is 0 Å². The fourth-order valence-electron chi connectivity index (χ4n) is 4.70. The SMILES string of the molecule is Cc1c(C(=O)N2CCN(C(=O)c3ccc(Br)cc3)[C@@H](c3ccc(Cl)cc3)C2)cnn1-c1cccc(C#N)c1. The highest BCUT2D eigenvalue weighted by Crippen LogP contribution is 2.30. The second-order valence-electron chi connectivity index (χ2n) is 9.04. The first kappa shape index (κ1) is 25.7. The Bertz CT molecular complexity index is 1540. The Morgan fingerprint density at radius 1 is 1.03 bits per heavy atom. The van der Waals surface area contributed by atoms with Crippen molar-refractivity contribution in [3.63, 3.8) is 0 Å². The fraction of sp³-hybridized carbons (Fsp3) is 0.172. The molecule has 9 heteroatoms. The summed E-state index contributed by atoms with van der Waals surface area (Å²) in [5.74, 6) is -0.245. The van der Waals surface area contributed by atoms with Crippen molar-refractivity contribution in [2.45, 2.75) is 13.0 Å². The summed E-state index contributed by atoms with van der Waals surface area (Å²) in [6.07, 6.45) is 1.56. The first-order valence-corrected chi connectivity index (χ1v) is 13.2. The summed E-state index contributed by atoms with van der Waals surface area (Å²) >= 11 is 9.55. The van der Waals surface area contributed by atoms with E-state index in [4.69, 9.17) is 11.6 Å². The summed E-state index contributed by atoms with van der Waals surface area (Å²) < 4.78 is 2.56. The number of amides is 2. The van der Waals surface area contributed by atoms with Crippen molar-refractivity contribution >= 4 is 39.3 Å². The summed E-state index contributed by atoms with van der Waals surface area (Å²) in [7, 11) is 0. The van der Waals surface area contributed by atoms with Gasteiger partial charge in [0.25, 0.3) is 11.8 Å². The molecule has 0 bridgehead atoms. The van der Waals surface area contributed by atoms with Crippen LogP contribution < -0.4 is 0 Å². The van der Waals surface area contributed by atoms with E-state index in [1.54, 1.807) is 58.2 Å². The highest BCUT2D eigenvalue weighted by Gasteiger charge is 2.35. The molecule has 190 valence electrons. The molecule has 1 aromatic heterocycles. The number of carbonyl (C=O) groups excluding carboxylic acids is 2. The van der Waals surface area contributed by atoms with Gasteiger partial charge in [-0.25, -0.2) is 4.68 Å². The van der Waals surface area contributed by atoms with Gasteiger partial charge in [-0.15, -0.1) is 0 Å². The summed E-state index contributed by atoms with van der Waals surface area (Å²) in [4.78, 5) is 30.8. The van der Waals surface area contributed by atoms with Crippen LogP contribution in [0.25, 0.3) is 5.69 Å². The Kier molecular flexibility index (Phi) is 7.32. The van der Waals surface area contributed by atoms with E-state index >= 15 is 0 Å². The van der Waals surface area contributed by atoms with Crippen LogP contribution in [0.15, 0.2) is 83.5 Å². The first-order chi connectivity index (χ1) is 18.4. The Labute approximate surface area is 234 Å². The maximum absolute atomic E-state index is 13.7. The molecule has 0 aliphatic carbocycles. The van der Waals surface area contributed by atoms with Crippen molar-refractivity contribution in [1.82, 2.24) is 19.6 Å². The average Bonchev–Trinajstić information content (AvgIpc) is 3.34. The minimum atomic E-state index is -0.344. The number of hydrogen-bond donors (Lipinski definition) is 0. The third-order valence-electron chi connectivity index (χ3n) is 6.73. The Morgan fingerprint density at radius 3 is 2.47 bits per heavy atom. The topological polar surface area (TPSA) is 82.2 Å². The van der Waals surface area contributed by atoms with Gasteiger partial charge in [0.2, 0.25) is 0 Å². The van der Waals surface area contributed by atoms with Crippen LogP contribution in [-0.2, 0) is 0 Å². The predicted octanol–water partition coefficient (Wildman–Crippen LogP) is 5.81. The minimum absolute atomic E-state index is 0.0917. The van der Waals surface area contributed by atoms with E-state index in [-0.39, 0.29) is 17.9 Å². The lowest BCUT2D eigenvalue weighted by Gasteiger charge is -2.41. The molecule has 2 heterocycles. The predicted molar refractivity (Wildman–Crippen MR) is 148 cm³/mol. The lowest BCUT2D eigenvalue weighted by molar-refractivity contribution is 0.0383. The Hall–Kier alpha value is -3.93. The molecule has 0 saturated carbocycles. The van der Waals surface area contributed by atoms with Gasteiger partial charge < -0.3 is 9.80 Å². The molecule has 1 fully saturated rings. The van der Waals surface area contributed by atoms with Crippen LogP contribution in [-0.4, -0.2) is 51.0 Å². The lowest BCUT2D eigenvalue weighted by Crippen LogP contribution is -2.52. The molecule has 1 aliphatic heterocycles. The van der Waals surface area contributed by atoms with Crippen molar-refractivity contribution in [3.8, 4) is 11.8 Å². The zero-order valence-corrected chi connectivity index (χ0v) is 22.9. The molecular weight excluding hydrogens is 566 g/mol. The molecule has 5 rings (SSSR count). The van der Waals surface area contributed by atoms with E-state index in [2.05, 4.69) is 27.1 Å². The fourth-order valence-corrected chi connectivity index (χ4v) is 5.09. The van der Waals surface area contributed by atoms with E-state index < -0.39 is 0 Å². The smallest absolute Gasteiger partial charge is 0.257 e. The minimum Gasteiger partial charge on any atom is -0.334 e. The van der Waals surface area contributed by atoms with Crippen molar-refractivity contribution in [2.24, 2.45) is 0 Å². The van der Waals surface area contributed by atoms with Crippen LogP contribution in [0.5, 0.6) is 0 Å². The summed E-state index contributed by atoms with van der Waals surface area (Å²) in [5.41, 5.74) is 3.88. The molecule has 4 aromatic rings. The number of halogens is 2. The first-order valence-electron chi connectivity index (χ1n) is 12.0. The van der Waals surface area contributed by atoms with Crippen LogP contribution in [0.4, 0.5) is 0 Å². The Morgan fingerprint density at radius 2 is 1.76 bits per heavy atom. The molecule has 0 N–H and O–H groups in total. The van der Waals surface area contributed by atoms with Gasteiger partial charge in [0.05, 0.1) is 40.8 Å². The monoisotopic (exact) mass is 587 g/mol. The molecule has 1 atom stereocenters. The van der Waals surface area contributed by atoms with Crippen molar-refractivity contribution < 1.29 is 9.59 Å². The molecule has 2 amide bonds. The molecule has 3 aromatic carbocycles. The van der Waals surface area contributed by atoms with E-state index in [1.165, 1.54) is 0 Å². The van der Waals surface area contributed by atoms with Gasteiger partial charge in [-0.05, 0) is 67.1 Å². The second kappa shape index (κ2) is 10.8. The number of rotatable bonds is 4. The number of hydrogen-bond acceptors (Lipinski definition) is 4. The third-order valence-corrected chi connectivity index (χ3v) is 7.52. The lowest BCUT2D eigenvalue weighted by atomic mass is 10.00. The van der Waals surface area contributed by atoms with Crippen LogP contribution >= 0.6 is 27.5 Å². The number of carbonyl (C=O) groups is 2. The van der Waals surface area contributed by atoms with Crippen LogP contribution in [0.3, 0.4) is 0 Å². The largest absolute Gasteiger partial charge is 0.334 e. The summed E-state index contributed by atoms with van der Waals surface area (Å²) in [6.45, 7) is 2.94. The van der Waals surface area contributed by atoms with E-state index in [0.717, 1.165) is 10.0 Å². The van der Waals surface area contributed by atoms with Crippen molar-refractivity contribution in [2.75, 3.05) is 19.6 Å². The summed E-state index contributed by atoms with van der Waals surface area (Å²) in [5, 5.41) is 14.3. The molecule has 0 spiro atoms. The standard InChI is InChI=1S/C29H23BrClN5O2/c1-19-26(17-33-36(19)25-4-2-3-20(15-25)16-32)29(38)34-13-14-35(28(37)22-5-9-23(30)10-6-22)27(18-34)21-7-11-24(31)12-8-21/h2-12,15,17,27H,13-14,18H2,1H3/t27-/m1/s1. The van der Waals surface area contributed by atoms with Gasteiger partial charge in [-0.2, -0.15) is 10.4 Å². The summed E-state index contributed by atoms with van der Waals surface area (Å²) in [6, 6.07) is 23.5. The van der Waals surface area contributed by atoms with E-state index in [0.29, 0.717) is 52.7 Å². The van der Waals surface area contributed by atoms with Gasteiger partial charge in [0.1, 0.15) is 0 Å². The van der Waals surface area contributed by atoms with Crippen molar-refractivity contribution in [1.29, 1.82) is 5.26 Å². The number of nitrogens with zero attached hydrogens (tertiary/aromatic N) is 5. The molecule has 1 saturated heterocycles. The van der Waals surface area contributed by atoms with Gasteiger partial charge in [0.15, 0.2) is 0 Å². The third kappa shape index (κ3) is 5.08. The van der Waals surface area contributed by atoms with Gasteiger partial charge in [-0.1, -0.05) is 45.7 Å². The number of nitriles is 1. The van der Waals surface area contributed by atoms with Gasteiger partial charge in [0, 0.05) is 34.7 Å². The molecule has 0 unspecified atom stereocenters. The zero-order valence-electron chi connectivity index (χ0n) is 20.5. The average molecular weight is 589 g/mol. The zero-order chi connectivity index (χ0) is 26.8. The molecule has 0 radical (unpaired) electrons. The quantitative estimate of drug-likeness (QED) is 0.301. The normalized spacial score (nSPS) is 15.3. The highest BCUT2D eigenvalue weighted by atomic mass is 79.9.